The van der Waals surface area contributed by atoms with E-state index in [2.05, 4.69) is 55.4 Å². The van der Waals surface area contributed by atoms with Crippen molar-refractivity contribution in [2.24, 2.45) is 23.7 Å². The number of ether oxygens (including phenoxy) is 4. The van der Waals surface area contributed by atoms with E-state index in [9.17, 15) is 43.2 Å². The van der Waals surface area contributed by atoms with Crippen LogP contribution in [0.15, 0.2) is 0 Å². The number of unbranched alkanes of at least 4 members (excludes halogenated alkanes) is 36. The van der Waals surface area contributed by atoms with E-state index < -0.39 is 97.5 Å². The molecule has 0 bridgehead atoms. The number of esters is 4. The van der Waals surface area contributed by atoms with Crippen LogP contribution < -0.4 is 0 Å². The van der Waals surface area contributed by atoms with Gasteiger partial charge in [-0.3, -0.25) is 37.3 Å². The van der Waals surface area contributed by atoms with Crippen molar-refractivity contribution in [2.45, 2.75) is 388 Å². The van der Waals surface area contributed by atoms with E-state index in [1.165, 1.54) is 167 Å². The van der Waals surface area contributed by atoms with Crippen molar-refractivity contribution in [2.75, 3.05) is 39.6 Å². The Morgan fingerprint density at radius 3 is 0.763 bits per heavy atom. The summed E-state index contributed by atoms with van der Waals surface area (Å²) in [6.45, 7) is 14.2. The third kappa shape index (κ3) is 67.0. The van der Waals surface area contributed by atoms with Crippen molar-refractivity contribution in [3.05, 3.63) is 0 Å². The number of carbonyl (C=O) groups is 4. The molecule has 3 N–H and O–H groups in total. The summed E-state index contributed by atoms with van der Waals surface area (Å²) in [5.41, 5.74) is 0. The van der Waals surface area contributed by atoms with Crippen molar-refractivity contribution >= 4 is 39.5 Å². The van der Waals surface area contributed by atoms with E-state index >= 15 is 0 Å². The minimum Gasteiger partial charge on any atom is -0.462 e. The average molecular weight is 1370 g/mol. The Kier molecular flexibility index (Phi) is 62.2. The Bertz CT molecular complexity index is 1840. The van der Waals surface area contributed by atoms with Gasteiger partial charge in [0.1, 0.15) is 19.3 Å². The molecule has 0 aromatic heterocycles. The van der Waals surface area contributed by atoms with E-state index in [1.54, 1.807) is 0 Å². The second-order valence-electron chi connectivity index (χ2n) is 28.4. The molecule has 0 saturated heterocycles. The Morgan fingerprint density at radius 2 is 0.516 bits per heavy atom. The topological polar surface area (TPSA) is 237 Å². The SMILES string of the molecule is CCC(C)CCCCCCCCCCC(=O)O[C@H](COC(=O)CCCCCCCCCC(C)C)COP(=O)(O)OCC(O)COP(=O)(O)OC[C@@H](COC(=O)CCCCCCCCCCCCCCCC(C)C)OC(=O)CCCCCCCCCCCCCCC(C)C. The Morgan fingerprint density at radius 1 is 0.301 bits per heavy atom. The lowest BCUT2D eigenvalue weighted by Gasteiger charge is -2.21. The van der Waals surface area contributed by atoms with Crippen molar-refractivity contribution < 1.29 is 80.2 Å². The van der Waals surface area contributed by atoms with Crippen molar-refractivity contribution in [1.82, 2.24) is 0 Å². The van der Waals surface area contributed by atoms with Gasteiger partial charge >= 0.3 is 39.5 Å². The second-order valence-corrected chi connectivity index (χ2v) is 31.3. The third-order valence-electron chi connectivity index (χ3n) is 17.4. The van der Waals surface area contributed by atoms with E-state index in [1.807, 2.05) is 0 Å². The zero-order valence-corrected chi connectivity index (χ0v) is 62.7. The van der Waals surface area contributed by atoms with Crippen LogP contribution in [0.4, 0.5) is 0 Å². The summed E-state index contributed by atoms with van der Waals surface area (Å²) in [5, 5.41) is 10.6. The van der Waals surface area contributed by atoms with Crippen molar-refractivity contribution in [1.29, 1.82) is 0 Å². The summed E-state index contributed by atoms with van der Waals surface area (Å²) in [7, 11) is -9.91. The first kappa shape index (κ1) is 91.1. The van der Waals surface area contributed by atoms with Crippen molar-refractivity contribution in [3.63, 3.8) is 0 Å². The normalized spacial score (nSPS) is 14.5. The quantitative estimate of drug-likeness (QED) is 0.0222. The van der Waals surface area contributed by atoms with Gasteiger partial charge in [0.15, 0.2) is 12.2 Å². The molecule has 0 heterocycles. The maximum Gasteiger partial charge on any atom is 0.472 e. The molecule has 0 aliphatic rings. The van der Waals surface area contributed by atoms with Crippen LogP contribution in [0.1, 0.15) is 370 Å². The molecule has 552 valence electrons. The van der Waals surface area contributed by atoms with Crippen LogP contribution in [0.5, 0.6) is 0 Å². The summed E-state index contributed by atoms with van der Waals surface area (Å²) >= 11 is 0. The first-order chi connectivity index (χ1) is 44.6. The molecule has 0 amide bonds. The van der Waals surface area contributed by atoms with E-state index in [-0.39, 0.29) is 25.7 Å². The first-order valence-electron chi connectivity index (χ1n) is 38.2. The number of aliphatic hydroxyl groups excluding tert-OH is 1. The van der Waals surface area contributed by atoms with Gasteiger partial charge in [-0.1, -0.05) is 319 Å². The summed E-state index contributed by atoms with van der Waals surface area (Å²) in [4.78, 5) is 72.7. The Hall–Kier alpha value is -1.94. The lowest BCUT2D eigenvalue weighted by molar-refractivity contribution is -0.161. The van der Waals surface area contributed by atoms with Crippen LogP contribution in [0.3, 0.4) is 0 Å². The lowest BCUT2D eigenvalue weighted by Crippen LogP contribution is -2.30. The highest BCUT2D eigenvalue weighted by atomic mass is 31.2. The van der Waals surface area contributed by atoms with Crippen LogP contribution in [-0.2, 0) is 65.4 Å². The maximum atomic E-state index is 13.1. The zero-order chi connectivity index (χ0) is 68.9. The molecular weight excluding hydrogens is 1220 g/mol. The van der Waals surface area contributed by atoms with Gasteiger partial charge in [0.2, 0.25) is 0 Å². The monoisotopic (exact) mass is 1370 g/mol. The van der Waals surface area contributed by atoms with Crippen LogP contribution in [-0.4, -0.2) is 96.7 Å². The van der Waals surface area contributed by atoms with Gasteiger partial charge in [0.05, 0.1) is 26.4 Å². The number of rotatable bonds is 71. The molecule has 6 atom stereocenters. The first-order valence-corrected chi connectivity index (χ1v) is 41.2. The predicted molar refractivity (Wildman–Crippen MR) is 377 cm³/mol. The Labute approximate surface area is 568 Å². The number of phosphoric acid groups is 2. The summed E-state index contributed by atoms with van der Waals surface area (Å²) in [6.07, 6.45) is 47.2. The van der Waals surface area contributed by atoms with E-state index in [4.69, 9.17) is 37.0 Å². The number of hydrogen-bond donors (Lipinski definition) is 3. The minimum absolute atomic E-state index is 0.104. The molecule has 0 aromatic carbocycles. The van der Waals surface area contributed by atoms with Gasteiger partial charge in [-0.15, -0.1) is 0 Å². The summed E-state index contributed by atoms with van der Waals surface area (Å²) in [5.74, 6) is 0.917. The molecule has 19 heteroatoms. The van der Waals surface area contributed by atoms with Gasteiger partial charge in [0, 0.05) is 25.7 Å². The molecule has 93 heavy (non-hydrogen) atoms. The molecule has 0 radical (unpaired) electrons. The predicted octanol–water partition coefficient (Wildman–Crippen LogP) is 21.3. The van der Waals surface area contributed by atoms with Gasteiger partial charge in [0.25, 0.3) is 0 Å². The van der Waals surface area contributed by atoms with Crippen LogP contribution >= 0.6 is 15.6 Å². The van der Waals surface area contributed by atoms with Gasteiger partial charge < -0.3 is 33.8 Å². The molecule has 0 saturated carbocycles. The Balaban J connectivity index is 5.26. The van der Waals surface area contributed by atoms with Crippen molar-refractivity contribution in [3.8, 4) is 0 Å². The van der Waals surface area contributed by atoms with Crippen LogP contribution in [0.25, 0.3) is 0 Å². The van der Waals surface area contributed by atoms with Gasteiger partial charge in [-0.2, -0.15) is 0 Å². The highest BCUT2D eigenvalue weighted by Crippen LogP contribution is 2.45. The molecular formula is C74H144O17P2. The fourth-order valence-corrected chi connectivity index (χ4v) is 12.7. The molecule has 0 aliphatic heterocycles. The smallest absolute Gasteiger partial charge is 0.462 e. The average Bonchev–Trinajstić information content (AvgIpc) is 2.30. The number of hydrogen-bond acceptors (Lipinski definition) is 15. The third-order valence-corrected chi connectivity index (χ3v) is 19.3. The molecule has 0 aliphatic carbocycles. The summed E-state index contributed by atoms with van der Waals surface area (Å²) in [6, 6.07) is 0. The number of carbonyl (C=O) groups excluding carboxylic acids is 4. The van der Waals surface area contributed by atoms with E-state index in [0.29, 0.717) is 31.6 Å². The largest absolute Gasteiger partial charge is 0.472 e. The molecule has 0 spiro atoms. The van der Waals surface area contributed by atoms with E-state index in [0.717, 1.165) is 114 Å². The van der Waals surface area contributed by atoms with Gasteiger partial charge in [-0.25, -0.2) is 9.13 Å². The van der Waals surface area contributed by atoms with Gasteiger partial charge in [-0.05, 0) is 49.4 Å². The summed E-state index contributed by atoms with van der Waals surface area (Å²) < 4.78 is 68.4. The highest BCUT2D eigenvalue weighted by molar-refractivity contribution is 7.47. The minimum atomic E-state index is -4.96. The second kappa shape index (κ2) is 63.5. The zero-order valence-electron chi connectivity index (χ0n) is 60.9. The maximum absolute atomic E-state index is 13.1. The fourth-order valence-electron chi connectivity index (χ4n) is 11.2. The standard InChI is InChI=1S/C74H144O17P2/c1-9-67(8)53-45-37-29-23-24-32-41-49-57-74(79)91-70(61-85-72(77)55-47-39-33-25-28-36-44-52-66(6)7)63-89-93(82,83)87-59-68(75)58-86-92(80,81)88-62-69(90-73(78)56-48-40-31-22-18-14-13-16-20-27-35-43-51-65(4)5)60-84-71(76)54-46-38-30-21-17-12-10-11-15-19-26-34-42-50-64(2)3/h64-70,75H,9-63H2,1-8H3,(H,80,81)(H,82,83)/t67?,68?,69-,70-/m1/s1. The molecule has 17 nitrogen and oxygen atoms in total. The lowest BCUT2D eigenvalue weighted by atomic mass is 9.99. The molecule has 0 aromatic rings. The molecule has 0 fully saturated rings. The number of phosphoric ester groups is 2. The molecule has 4 unspecified atom stereocenters. The fraction of sp³-hybridized carbons (Fsp3) is 0.946. The van der Waals surface area contributed by atoms with Crippen LogP contribution in [0, 0.1) is 23.7 Å². The van der Waals surface area contributed by atoms with Crippen LogP contribution in [0.2, 0.25) is 0 Å². The number of aliphatic hydroxyl groups is 1. The molecule has 0 rings (SSSR count). The highest BCUT2D eigenvalue weighted by Gasteiger charge is 2.30.